The van der Waals surface area contributed by atoms with Gasteiger partial charge in [-0.1, -0.05) is 32.9 Å². The molecule has 1 saturated heterocycles. The van der Waals surface area contributed by atoms with Crippen molar-refractivity contribution < 1.29 is 9.15 Å². The number of ether oxygens (including phenoxy) is 1. The van der Waals surface area contributed by atoms with Gasteiger partial charge in [0.15, 0.2) is 5.96 Å². The number of guanidine groups is 1. The molecule has 0 bridgehead atoms. The van der Waals surface area contributed by atoms with Gasteiger partial charge in [-0.3, -0.25) is 0 Å². The monoisotopic (exact) mass is 384 g/mol. The number of aromatic nitrogens is 1. The summed E-state index contributed by atoms with van der Waals surface area (Å²) in [6.45, 7) is 11.7. The lowest BCUT2D eigenvalue weighted by Gasteiger charge is -2.21. The molecule has 6 nitrogen and oxygen atoms in total. The van der Waals surface area contributed by atoms with Crippen molar-refractivity contribution in [2.24, 2.45) is 4.99 Å². The number of nitrogens with one attached hydrogen (secondary N) is 1. The van der Waals surface area contributed by atoms with E-state index in [1.807, 2.05) is 18.3 Å². The zero-order valence-corrected chi connectivity index (χ0v) is 17.7. The second-order valence-electron chi connectivity index (χ2n) is 8.24. The van der Waals surface area contributed by atoms with Gasteiger partial charge in [0.2, 0.25) is 5.89 Å². The molecule has 2 aromatic rings. The molecule has 152 valence electrons. The maximum Gasteiger partial charge on any atom is 0.216 e. The van der Waals surface area contributed by atoms with Crippen molar-refractivity contribution in [3.8, 4) is 5.75 Å². The molecule has 1 unspecified atom stereocenters. The average molecular weight is 385 g/mol. The van der Waals surface area contributed by atoms with Gasteiger partial charge in [0.1, 0.15) is 18.1 Å². The number of nitrogens with zero attached hydrogens (tertiary/aromatic N) is 3. The minimum atomic E-state index is -0.0417. The van der Waals surface area contributed by atoms with Gasteiger partial charge in [0, 0.05) is 31.0 Å². The standard InChI is InChI=1S/C22H32N4O2/c1-6-23-21(25-14-20-24-13-19(28-20)22(2,3)4)26-12-11-17(15-26)16-7-9-18(27-5)10-8-16/h7-10,13,17H,6,11-12,14-15H2,1-5H3,(H,23,25). The van der Waals surface area contributed by atoms with E-state index in [9.17, 15) is 0 Å². The van der Waals surface area contributed by atoms with Gasteiger partial charge in [-0.05, 0) is 31.0 Å². The third-order valence-corrected chi connectivity index (χ3v) is 5.07. The molecule has 6 heteroatoms. The molecule has 1 atom stereocenters. The van der Waals surface area contributed by atoms with Gasteiger partial charge in [-0.2, -0.15) is 0 Å². The lowest BCUT2D eigenvalue weighted by molar-refractivity contribution is 0.382. The fourth-order valence-corrected chi connectivity index (χ4v) is 3.40. The summed E-state index contributed by atoms with van der Waals surface area (Å²) in [5, 5.41) is 3.41. The molecule has 0 amide bonds. The van der Waals surface area contributed by atoms with Crippen molar-refractivity contribution in [1.29, 1.82) is 0 Å². The molecule has 1 aromatic carbocycles. The molecule has 1 aromatic heterocycles. The van der Waals surface area contributed by atoms with Crippen molar-refractivity contribution in [2.75, 3.05) is 26.7 Å². The summed E-state index contributed by atoms with van der Waals surface area (Å²) in [5.41, 5.74) is 1.31. The second-order valence-corrected chi connectivity index (χ2v) is 8.24. The molecule has 0 aliphatic carbocycles. The summed E-state index contributed by atoms with van der Waals surface area (Å²) >= 11 is 0. The van der Waals surface area contributed by atoms with Gasteiger partial charge in [0.05, 0.1) is 13.3 Å². The molecule has 1 fully saturated rings. The van der Waals surface area contributed by atoms with Crippen LogP contribution in [0, 0.1) is 0 Å². The van der Waals surface area contributed by atoms with Crippen molar-refractivity contribution in [3.05, 3.63) is 47.7 Å². The topological polar surface area (TPSA) is 62.9 Å². The maximum absolute atomic E-state index is 5.88. The van der Waals surface area contributed by atoms with E-state index in [2.05, 4.69) is 55.0 Å². The molecular formula is C22H32N4O2. The van der Waals surface area contributed by atoms with Gasteiger partial charge < -0.3 is 19.4 Å². The number of methoxy groups -OCH3 is 1. The Morgan fingerprint density at radius 3 is 2.68 bits per heavy atom. The van der Waals surface area contributed by atoms with Crippen molar-refractivity contribution in [1.82, 2.24) is 15.2 Å². The lowest BCUT2D eigenvalue weighted by atomic mass is 9.94. The van der Waals surface area contributed by atoms with E-state index in [-0.39, 0.29) is 5.41 Å². The fourth-order valence-electron chi connectivity index (χ4n) is 3.40. The van der Waals surface area contributed by atoms with E-state index in [1.165, 1.54) is 5.56 Å². The van der Waals surface area contributed by atoms with Crippen LogP contribution in [0.4, 0.5) is 0 Å². The second kappa shape index (κ2) is 8.67. The van der Waals surface area contributed by atoms with E-state index in [4.69, 9.17) is 14.1 Å². The lowest BCUT2D eigenvalue weighted by Crippen LogP contribution is -2.40. The molecule has 2 heterocycles. The van der Waals surface area contributed by atoms with Gasteiger partial charge >= 0.3 is 0 Å². The number of rotatable bonds is 5. The van der Waals surface area contributed by atoms with E-state index in [0.717, 1.165) is 43.5 Å². The maximum atomic E-state index is 5.88. The van der Waals surface area contributed by atoms with Gasteiger partial charge in [-0.15, -0.1) is 0 Å². The average Bonchev–Trinajstić information content (AvgIpc) is 3.35. The van der Waals surface area contributed by atoms with E-state index >= 15 is 0 Å². The van der Waals surface area contributed by atoms with Crippen LogP contribution < -0.4 is 10.1 Å². The number of likely N-dealkylation sites (tertiary alicyclic amines) is 1. The van der Waals surface area contributed by atoms with Crippen molar-refractivity contribution in [3.63, 3.8) is 0 Å². The van der Waals surface area contributed by atoms with E-state index in [0.29, 0.717) is 18.4 Å². The molecule has 3 rings (SSSR count). The Balaban J connectivity index is 1.66. The molecule has 1 N–H and O–H groups in total. The Morgan fingerprint density at radius 1 is 1.32 bits per heavy atom. The smallest absolute Gasteiger partial charge is 0.216 e. The Hall–Kier alpha value is -2.50. The predicted molar refractivity (Wildman–Crippen MR) is 112 cm³/mol. The molecule has 1 aliphatic rings. The predicted octanol–water partition coefficient (Wildman–Crippen LogP) is 3.94. The first-order chi connectivity index (χ1) is 13.4. The molecule has 1 aliphatic heterocycles. The molecule has 28 heavy (non-hydrogen) atoms. The number of benzene rings is 1. The number of hydrogen-bond donors (Lipinski definition) is 1. The van der Waals surface area contributed by atoms with Crippen LogP contribution >= 0.6 is 0 Å². The van der Waals surface area contributed by atoms with Gasteiger partial charge in [-0.25, -0.2) is 9.98 Å². The highest BCUT2D eigenvalue weighted by Gasteiger charge is 2.26. The summed E-state index contributed by atoms with van der Waals surface area (Å²) in [7, 11) is 1.70. The number of oxazole rings is 1. The zero-order valence-electron chi connectivity index (χ0n) is 17.7. The summed E-state index contributed by atoms with van der Waals surface area (Å²) < 4.78 is 11.1. The largest absolute Gasteiger partial charge is 0.497 e. The van der Waals surface area contributed by atoms with Crippen molar-refractivity contribution in [2.45, 2.75) is 52.0 Å². The van der Waals surface area contributed by atoms with Crippen LogP contribution in [0.5, 0.6) is 5.75 Å². The Bertz CT molecular complexity index is 790. The first kappa shape index (κ1) is 20.2. The van der Waals surface area contributed by atoms with Crippen LogP contribution in [-0.4, -0.2) is 42.6 Å². The minimum absolute atomic E-state index is 0.0417. The van der Waals surface area contributed by atoms with E-state index in [1.54, 1.807) is 7.11 Å². The Morgan fingerprint density at radius 2 is 2.07 bits per heavy atom. The quantitative estimate of drug-likeness (QED) is 0.625. The highest BCUT2D eigenvalue weighted by molar-refractivity contribution is 5.80. The third kappa shape index (κ3) is 4.86. The number of hydrogen-bond acceptors (Lipinski definition) is 4. The summed E-state index contributed by atoms with van der Waals surface area (Å²) in [6.07, 6.45) is 2.93. The van der Waals surface area contributed by atoms with Gasteiger partial charge in [0.25, 0.3) is 0 Å². The highest BCUT2D eigenvalue weighted by atomic mass is 16.5. The SMILES string of the molecule is CCNC(=NCc1ncc(C(C)(C)C)o1)N1CCC(c2ccc(OC)cc2)C1. The zero-order chi connectivity index (χ0) is 20.1. The normalized spacial score (nSPS) is 17.8. The first-order valence-corrected chi connectivity index (χ1v) is 10.0. The molecule has 0 saturated carbocycles. The van der Waals surface area contributed by atoms with Crippen LogP contribution in [0.25, 0.3) is 0 Å². The summed E-state index contributed by atoms with van der Waals surface area (Å²) in [5.74, 6) is 3.88. The Kier molecular flexibility index (Phi) is 6.27. The number of aliphatic imine (C=N–C) groups is 1. The molecular weight excluding hydrogens is 352 g/mol. The van der Waals surface area contributed by atoms with E-state index < -0.39 is 0 Å². The molecule has 0 radical (unpaired) electrons. The first-order valence-electron chi connectivity index (χ1n) is 10.0. The Labute approximate surface area is 168 Å². The van der Waals surface area contributed by atoms with Crippen LogP contribution in [-0.2, 0) is 12.0 Å². The highest BCUT2D eigenvalue weighted by Crippen LogP contribution is 2.28. The van der Waals surface area contributed by atoms with Crippen molar-refractivity contribution >= 4 is 5.96 Å². The van der Waals surface area contributed by atoms with Crippen LogP contribution in [0.15, 0.2) is 39.9 Å². The third-order valence-electron chi connectivity index (χ3n) is 5.07. The molecule has 0 spiro atoms. The van der Waals surface area contributed by atoms with Crippen LogP contribution in [0.1, 0.15) is 57.2 Å². The van der Waals surface area contributed by atoms with Crippen LogP contribution in [0.3, 0.4) is 0 Å². The summed E-state index contributed by atoms with van der Waals surface area (Å²) in [4.78, 5) is 11.5. The fraction of sp³-hybridized carbons (Fsp3) is 0.545. The summed E-state index contributed by atoms with van der Waals surface area (Å²) in [6, 6.07) is 8.40. The minimum Gasteiger partial charge on any atom is -0.497 e. The van der Waals surface area contributed by atoms with Crippen LogP contribution in [0.2, 0.25) is 0 Å².